The van der Waals surface area contributed by atoms with Crippen molar-refractivity contribution in [3.05, 3.63) is 51.0 Å². The summed E-state index contributed by atoms with van der Waals surface area (Å²) >= 11 is 1.76. The summed E-state index contributed by atoms with van der Waals surface area (Å²) in [5.74, 6) is 0.834. The maximum absolute atomic E-state index is 4.69. The molecule has 2 rings (SSSR count). The van der Waals surface area contributed by atoms with Gasteiger partial charge >= 0.3 is 0 Å². The number of aromatic nitrogens is 1. The van der Waals surface area contributed by atoms with Crippen molar-refractivity contribution < 1.29 is 0 Å². The Kier molecular flexibility index (Phi) is 9.28. The molecule has 0 aliphatic rings. The predicted molar refractivity (Wildman–Crippen MR) is 114 cm³/mol. The van der Waals surface area contributed by atoms with E-state index < -0.39 is 0 Å². The lowest BCUT2D eigenvalue weighted by molar-refractivity contribution is 0.811. The third-order valence-electron chi connectivity index (χ3n) is 3.61. The Morgan fingerprint density at radius 2 is 2.00 bits per heavy atom. The first-order chi connectivity index (χ1) is 11.1. The van der Waals surface area contributed by atoms with Crippen LogP contribution >= 0.6 is 35.3 Å². The van der Waals surface area contributed by atoms with Crippen LogP contribution in [0.25, 0.3) is 0 Å². The number of rotatable bonds is 6. The number of thiazole rings is 1. The molecule has 0 bridgehead atoms. The molecule has 0 aliphatic carbocycles. The third-order valence-corrected chi connectivity index (χ3v) is 4.75. The molecule has 132 valence electrons. The van der Waals surface area contributed by atoms with Crippen LogP contribution in [0.1, 0.15) is 40.4 Å². The summed E-state index contributed by atoms with van der Waals surface area (Å²) in [6.45, 7) is 10.7. The van der Waals surface area contributed by atoms with Crippen LogP contribution in [0.15, 0.2) is 29.4 Å². The molecule has 0 spiro atoms. The molecule has 0 saturated heterocycles. The fraction of sp³-hybridized carbons (Fsp3) is 0.444. The van der Waals surface area contributed by atoms with Gasteiger partial charge in [0, 0.05) is 17.6 Å². The monoisotopic (exact) mass is 458 g/mol. The van der Waals surface area contributed by atoms with E-state index in [-0.39, 0.29) is 24.0 Å². The summed E-state index contributed by atoms with van der Waals surface area (Å²) < 4.78 is 0. The number of hydrogen-bond donors (Lipinski definition) is 2. The Hall–Kier alpha value is -1.15. The quantitative estimate of drug-likeness (QED) is 0.388. The number of hydrogen-bond acceptors (Lipinski definition) is 3. The predicted octanol–water partition coefficient (Wildman–Crippen LogP) is 4.20. The Labute approximate surface area is 166 Å². The summed E-state index contributed by atoms with van der Waals surface area (Å²) in [5, 5.41) is 7.75. The van der Waals surface area contributed by atoms with Crippen LogP contribution < -0.4 is 10.6 Å². The van der Waals surface area contributed by atoms with Crippen molar-refractivity contribution in [1.82, 2.24) is 15.6 Å². The zero-order valence-corrected chi connectivity index (χ0v) is 18.0. The van der Waals surface area contributed by atoms with Crippen molar-refractivity contribution in [3.8, 4) is 0 Å². The first-order valence-electron chi connectivity index (χ1n) is 8.14. The highest BCUT2D eigenvalue weighted by Crippen LogP contribution is 2.13. The van der Waals surface area contributed by atoms with E-state index in [2.05, 4.69) is 66.5 Å². The molecule has 24 heavy (non-hydrogen) atoms. The lowest BCUT2D eigenvalue weighted by Crippen LogP contribution is -2.36. The van der Waals surface area contributed by atoms with Gasteiger partial charge in [-0.25, -0.2) is 9.98 Å². The fourth-order valence-electron chi connectivity index (χ4n) is 2.28. The van der Waals surface area contributed by atoms with Crippen molar-refractivity contribution in [2.24, 2.45) is 4.99 Å². The van der Waals surface area contributed by atoms with Crippen LogP contribution in [-0.2, 0) is 19.5 Å². The van der Waals surface area contributed by atoms with Crippen LogP contribution in [0.5, 0.6) is 0 Å². The van der Waals surface area contributed by atoms with Gasteiger partial charge in [0.2, 0.25) is 0 Å². The molecule has 0 atom stereocenters. The van der Waals surface area contributed by atoms with Crippen LogP contribution in [0, 0.1) is 13.8 Å². The van der Waals surface area contributed by atoms with Gasteiger partial charge in [-0.2, -0.15) is 0 Å². The van der Waals surface area contributed by atoms with E-state index in [9.17, 15) is 0 Å². The molecule has 0 amide bonds. The van der Waals surface area contributed by atoms with Crippen molar-refractivity contribution >= 4 is 41.3 Å². The summed E-state index contributed by atoms with van der Waals surface area (Å²) in [6, 6.07) is 6.50. The maximum Gasteiger partial charge on any atom is 0.191 e. The standard InChI is InChI=1S/C18H26N4S.HI/c1-5-16-11-20-17(23-16)12-22-18(19-6-2)21-10-15-8-7-13(3)9-14(15)4;/h7-9,11H,5-6,10,12H2,1-4H3,(H2,19,21,22);1H. The van der Waals surface area contributed by atoms with Crippen molar-refractivity contribution in [1.29, 1.82) is 0 Å². The van der Waals surface area contributed by atoms with Gasteiger partial charge < -0.3 is 10.6 Å². The molecule has 6 heteroatoms. The third kappa shape index (κ3) is 6.39. The molecule has 0 aliphatic heterocycles. The van der Waals surface area contributed by atoms with Crippen LogP contribution in [0.2, 0.25) is 0 Å². The molecule has 2 N–H and O–H groups in total. The van der Waals surface area contributed by atoms with Gasteiger partial charge in [0.15, 0.2) is 5.96 Å². The van der Waals surface area contributed by atoms with E-state index in [4.69, 9.17) is 0 Å². The summed E-state index contributed by atoms with van der Waals surface area (Å²) in [7, 11) is 0. The normalized spacial score (nSPS) is 11.1. The molecule has 1 heterocycles. The average Bonchev–Trinajstić information content (AvgIpc) is 2.99. The lowest BCUT2D eigenvalue weighted by atomic mass is 10.1. The number of aliphatic imine (C=N–C) groups is 1. The summed E-state index contributed by atoms with van der Waals surface area (Å²) in [5.41, 5.74) is 3.84. The zero-order valence-electron chi connectivity index (χ0n) is 14.8. The molecule has 2 aromatic rings. The highest BCUT2D eigenvalue weighted by atomic mass is 127. The van der Waals surface area contributed by atoms with Gasteiger partial charge in [-0.3, -0.25) is 0 Å². The number of nitrogens with one attached hydrogen (secondary N) is 2. The van der Waals surface area contributed by atoms with E-state index >= 15 is 0 Å². The molecule has 1 aromatic carbocycles. The second kappa shape index (κ2) is 10.7. The molecule has 0 fully saturated rings. The van der Waals surface area contributed by atoms with E-state index in [1.165, 1.54) is 21.6 Å². The number of aryl methyl sites for hydroxylation is 3. The molecule has 0 unspecified atom stereocenters. The van der Waals surface area contributed by atoms with Crippen LogP contribution in [-0.4, -0.2) is 17.5 Å². The first kappa shape index (κ1) is 20.9. The first-order valence-corrected chi connectivity index (χ1v) is 8.96. The highest BCUT2D eigenvalue weighted by molar-refractivity contribution is 14.0. The van der Waals surface area contributed by atoms with Gasteiger partial charge in [-0.1, -0.05) is 30.7 Å². The Bertz CT molecular complexity index is 667. The second-order valence-corrected chi connectivity index (χ2v) is 6.75. The van der Waals surface area contributed by atoms with Gasteiger partial charge in [-0.15, -0.1) is 35.3 Å². The van der Waals surface area contributed by atoms with E-state index in [1.54, 1.807) is 11.3 Å². The Morgan fingerprint density at radius 3 is 2.62 bits per heavy atom. The minimum atomic E-state index is 0. The Morgan fingerprint density at radius 1 is 1.21 bits per heavy atom. The number of guanidine groups is 1. The van der Waals surface area contributed by atoms with Crippen molar-refractivity contribution in [3.63, 3.8) is 0 Å². The zero-order chi connectivity index (χ0) is 16.7. The molecule has 0 radical (unpaired) electrons. The number of halogens is 1. The largest absolute Gasteiger partial charge is 0.357 e. The van der Waals surface area contributed by atoms with Crippen LogP contribution in [0.3, 0.4) is 0 Å². The van der Waals surface area contributed by atoms with E-state index in [1.807, 2.05) is 6.20 Å². The topological polar surface area (TPSA) is 49.3 Å². The van der Waals surface area contributed by atoms with Gasteiger partial charge in [0.25, 0.3) is 0 Å². The molecule has 0 saturated carbocycles. The molecule has 4 nitrogen and oxygen atoms in total. The number of nitrogens with zero attached hydrogens (tertiary/aromatic N) is 2. The van der Waals surface area contributed by atoms with Crippen LogP contribution in [0.4, 0.5) is 0 Å². The van der Waals surface area contributed by atoms with Gasteiger partial charge in [0.05, 0.1) is 13.1 Å². The minimum Gasteiger partial charge on any atom is -0.357 e. The average molecular weight is 458 g/mol. The molecule has 1 aromatic heterocycles. The van der Waals surface area contributed by atoms with Gasteiger partial charge in [0.1, 0.15) is 5.01 Å². The van der Waals surface area contributed by atoms with Crippen molar-refractivity contribution in [2.75, 3.05) is 6.54 Å². The summed E-state index contributed by atoms with van der Waals surface area (Å²) in [6.07, 6.45) is 3.00. The highest BCUT2D eigenvalue weighted by Gasteiger charge is 2.03. The SMILES string of the molecule is CCNC(=NCc1ccc(C)cc1C)NCc1ncc(CC)s1.I. The molecular weight excluding hydrogens is 431 g/mol. The smallest absolute Gasteiger partial charge is 0.191 e. The lowest BCUT2D eigenvalue weighted by Gasteiger charge is -2.11. The van der Waals surface area contributed by atoms with Crippen molar-refractivity contribution in [2.45, 2.75) is 47.2 Å². The Balaban J connectivity index is 0.00000288. The molecular formula is C18H27IN4S. The fourth-order valence-corrected chi connectivity index (χ4v) is 3.08. The minimum absolute atomic E-state index is 0. The van der Waals surface area contributed by atoms with E-state index in [0.717, 1.165) is 23.9 Å². The maximum atomic E-state index is 4.69. The summed E-state index contributed by atoms with van der Waals surface area (Å²) in [4.78, 5) is 10.4. The number of benzene rings is 1. The van der Waals surface area contributed by atoms with Gasteiger partial charge in [-0.05, 0) is 38.3 Å². The van der Waals surface area contributed by atoms with E-state index in [0.29, 0.717) is 13.1 Å². The second-order valence-electron chi connectivity index (χ2n) is 5.55.